The van der Waals surface area contributed by atoms with Gasteiger partial charge in [0, 0.05) is 10.6 Å². The van der Waals surface area contributed by atoms with Crippen molar-refractivity contribution in [1.29, 1.82) is 0 Å². The summed E-state index contributed by atoms with van der Waals surface area (Å²) in [4.78, 5) is 13.2. The largest absolute Gasteiger partial charge is 0.481 e. The van der Waals surface area contributed by atoms with Gasteiger partial charge in [0.1, 0.15) is 12.2 Å². The van der Waals surface area contributed by atoms with Crippen molar-refractivity contribution in [2.45, 2.75) is 20.5 Å². The summed E-state index contributed by atoms with van der Waals surface area (Å²) >= 11 is 6.02. The van der Waals surface area contributed by atoms with Crippen molar-refractivity contribution < 1.29 is 9.15 Å². The molecule has 4 rings (SSSR count). The molecule has 0 unspecified atom stereocenters. The number of halogens is 1. The number of aryl methyl sites for hydroxylation is 2. The van der Waals surface area contributed by atoms with E-state index < -0.39 is 0 Å². The van der Waals surface area contributed by atoms with Gasteiger partial charge in [0.15, 0.2) is 5.76 Å². The Morgan fingerprint density at radius 3 is 2.29 bits per heavy atom. The molecule has 3 nitrogen and oxygen atoms in total. The van der Waals surface area contributed by atoms with Crippen molar-refractivity contribution in [2.24, 2.45) is 0 Å². The van der Waals surface area contributed by atoms with Crippen molar-refractivity contribution in [3.8, 4) is 17.1 Å². The van der Waals surface area contributed by atoms with Crippen LogP contribution >= 0.6 is 11.6 Å². The van der Waals surface area contributed by atoms with Gasteiger partial charge in [-0.15, -0.1) is 0 Å². The summed E-state index contributed by atoms with van der Waals surface area (Å²) in [7, 11) is 0. The van der Waals surface area contributed by atoms with Gasteiger partial charge in [-0.2, -0.15) is 0 Å². The topological polar surface area (TPSA) is 39.4 Å². The molecule has 4 heteroatoms. The first kappa shape index (κ1) is 18.3. The molecule has 140 valence electrons. The van der Waals surface area contributed by atoms with E-state index in [9.17, 15) is 4.79 Å². The SMILES string of the molecule is Cc1ccc(COc2c(-c3ccc(Cl)cc3)oc3cc(C)ccc3c2=O)cc1. The molecule has 0 aliphatic rings. The lowest BCUT2D eigenvalue weighted by Crippen LogP contribution is -2.10. The van der Waals surface area contributed by atoms with E-state index in [-0.39, 0.29) is 17.8 Å². The van der Waals surface area contributed by atoms with Gasteiger partial charge in [-0.05, 0) is 61.4 Å². The first-order valence-corrected chi connectivity index (χ1v) is 9.41. The summed E-state index contributed by atoms with van der Waals surface area (Å²) in [6.45, 7) is 4.27. The second kappa shape index (κ2) is 7.53. The van der Waals surface area contributed by atoms with E-state index in [1.165, 1.54) is 5.56 Å². The van der Waals surface area contributed by atoms with Crippen molar-refractivity contribution in [1.82, 2.24) is 0 Å². The van der Waals surface area contributed by atoms with E-state index in [1.54, 1.807) is 18.2 Å². The minimum atomic E-state index is -0.182. The smallest absolute Gasteiger partial charge is 0.235 e. The average Bonchev–Trinajstić information content (AvgIpc) is 2.69. The summed E-state index contributed by atoms with van der Waals surface area (Å²) in [6.07, 6.45) is 0. The van der Waals surface area contributed by atoms with Crippen LogP contribution in [0, 0.1) is 13.8 Å². The highest BCUT2D eigenvalue weighted by molar-refractivity contribution is 6.30. The molecule has 0 aliphatic heterocycles. The minimum Gasteiger partial charge on any atom is -0.481 e. The summed E-state index contributed by atoms with van der Waals surface area (Å²) in [6, 6.07) is 20.7. The first-order chi connectivity index (χ1) is 13.5. The van der Waals surface area contributed by atoms with E-state index in [0.29, 0.717) is 21.8 Å². The van der Waals surface area contributed by atoms with Gasteiger partial charge in [-0.1, -0.05) is 47.5 Å². The molecule has 4 aromatic rings. The molecule has 0 aliphatic carbocycles. The second-order valence-electron chi connectivity index (χ2n) is 6.87. The molecule has 3 aromatic carbocycles. The second-order valence-corrected chi connectivity index (χ2v) is 7.31. The summed E-state index contributed by atoms with van der Waals surface area (Å²) in [5, 5.41) is 1.12. The van der Waals surface area contributed by atoms with Crippen LogP contribution in [0.2, 0.25) is 5.02 Å². The van der Waals surface area contributed by atoms with E-state index in [2.05, 4.69) is 0 Å². The molecule has 0 saturated carbocycles. The zero-order valence-electron chi connectivity index (χ0n) is 15.7. The van der Waals surface area contributed by atoms with Gasteiger partial charge in [-0.3, -0.25) is 4.79 Å². The third-order valence-corrected chi connectivity index (χ3v) is 4.87. The maximum Gasteiger partial charge on any atom is 0.235 e. The number of hydrogen-bond acceptors (Lipinski definition) is 3. The molecule has 0 bridgehead atoms. The maximum atomic E-state index is 13.2. The average molecular weight is 391 g/mol. The van der Waals surface area contributed by atoms with E-state index in [1.807, 2.05) is 62.4 Å². The van der Waals surface area contributed by atoms with Crippen molar-refractivity contribution >= 4 is 22.6 Å². The van der Waals surface area contributed by atoms with Gasteiger partial charge in [-0.25, -0.2) is 0 Å². The Balaban J connectivity index is 1.84. The summed E-state index contributed by atoms with van der Waals surface area (Å²) in [5.41, 5.74) is 4.27. The lowest BCUT2D eigenvalue weighted by atomic mass is 10.1. The molecule has 0 spiro atoms. The van der Waals surface area contributed by atoms with Gasteiger partial charge in [0.2, 0.25) is 11.2 Å². The van der Waals surface area contributed by atoms with Crippen LogP contribution in [0.25, 0.3) is 22.3 Å². The predicted octanol–water partition coefficient (Wildman–Crippen LogP) is 6.31. The molecule has 0 N–H and O–H groups in total. The normalized spacial score (nSPS) is 11.0. The first-order valence-electron chi connectivity index (χ1n) is 9.03. The van der Waals surface area contributed by atoms with Crippen LogP contribution in [-0.2, 0) is 6.61 Å². The van der Waals surface area contributed by atoms with E-state index in [0.717, 1.165) is 16.7 Å². The summed E-state index contributed by atoms with van der Waals surface area (Å²) < 4.78 is 12.1. The zero-order valence-corrected chi connectivity index (χ0v) is 16.4. The van der Waals surface area contributed by atoms with Gasteiger partial charge >= 0.3 is 0 Å². The Morgan fingerprint density at radius 1 is 0.893 bits per heavy atom. The lowest BCUT2D eigenvalue weighted by molar-refractivity contribution is 0.298. The molecule has 1 heterocycles. The zero-order chi connectivity index (χ0) is 19.7. The van der Waals surface area contributed by atoms with Crippen LogP contribution in [0.3, 0.4) is 0 Å². The maximum absolute atomic E-state index is 13.2. The molecule has 0 radical (unpaired) electrons. The highest BCUT2D eigenvalue weighted by atomic mass is 35.5. The van der Waals surface area contributed by atoms with Gasteiger partial charge in [0.05, 0.1) is 5.39 Å². The monoisotopic (exact) mass is 390 g/mol. The van der Waals surface area contributed by atoms with E-state index >= 15 is 0 Å². The molecule has 28 heavy (non-hydrogen) atoms. The molecule has 1 aromatic heterocycles. The third kappa shape index (κ3) is 3.67. The van der Waals surface area contributed by atoms with Crippen molar-refractivity contribution in [2.75, 3.05) is 0 Å². The fourth-order valence-corrected chi connectivity index (χ4v) is 3.17. The van der Waals surface area contributed by atoms with Crippen LogP contribution in [0.1, 0.15) is 16.7 Å². The number of ether oxygens (including phenoxy) is 1. The quantitative estimate of drug-likeness (QED) is 0.410. The van der Waals surface area contributed by atoms with Gasteiger partial charge in [0.25, 0.3) is 0 Å². The third-order valence-electron chi connectivity index (χ3n) is 4.62. The predicted molar refractivity (Wildman–Crippen MR) is 113 cm³/mol. The van der Waals surface area contributed by atoms with Crippen LogP contribution < -0.4 is 10.2 Å². The number of fused-ring (bicyclic) bond motifs is 1. The van der Waals surface area contributed by atoms with Crippen molar-refractivity contribution in [3.63, 3.8) is 0 Å². The Kier molecular flexibility index (Phi) is 4.93. The number of benzene rings is 3. The standard InChI is InChI=1S/C24H19ClO3/c1-15-3-6-17(7-4-15)14-27-24-22(26)20-12-5-16(2)13-21(20)28-23(24)18-8-10-19(25)11-9-18/h3-13H,14H2,1-2H3. The minimum absolute atomic E-state index is 0.182. The Labute approximate surface area is 168 Å². The molecule has 0 fully saturated rings. The fraction of sp³-hybridized carbons (Fsp3) is 0.125. The van der Waals surface area contributed by atoms with E-state index in [4.69, 9.17) is 20.8 Å². The highest BCUT2D eigenvalue weighted by Crippen LogP contribution is 2.32. The number of hydrogen-bond donors (Lipinski definition) is 0. The lowest BCUT2D eigenvalue weighted by Gasteiger charge is -2.12. The van der Waals surface area contributed by atoms with Crippen molar-refractivity contribution in [3.05, 3.63) is 98.7 Å². The molecular weight excluding hydrogens is 372 g/mol. The fourth-order valence-electron chi connectivity index (χ4n) is 3.05. The van der Waals surface area contributed by atoms with Crippen LogP contribution in [0.4, 0.5) is 0 Å². The molecule has 0 amide bonds. The number of rotatable bonds is 4. The van der Waals surface area contributed by atoms with Crippen LogP contribution in [-0.4, -0.2) is 0 Å². The Bertz CT molecular complexity index is 1190. The van der Waals surface area contributed by atoms with Gasteiger partial charge < -0.3 is 9.15 Å². The molecular formula is C24H19ClO3. The molecule has 0 atom stereocenters. The highest BCUT2D eigenvalue weighted by Gasteiger charge is 2.18. The molecule has 0 saturated heterocycles. The Morgan fingerprint density at radius 2 is 1.57 bits per heavy atom. The summed E-state index contributed by atoms with van der Waals surface area (Å²) in [5.74, 6) is 0.617. The van der Waals surface area contributed by atoms with Crippen LogP contribution in [0.15, 0.2) is 75.9 Å². The van der Waals surface area contributed by atoms with Crippen LogP contribution in [0.5, 0.6) is 5.75 Å². The Hall–Kier alpha value is -3.04.